The number of rotatable bonds is 6. The minimum atomic E-state index is -0.561. The lowest BCUT2D eigenvalue weighted by Crippen LogP contribution is -2.36. The monoisotopic (exact) mass is 406 g/mol. The van der Waals surface area contributed by atoms with Crippen LogP contribution in [0.2, 0.25) is 0 Å². The number of hydrogen-bond acceptors (Lipinski definition) is 5. The minimum Gasteiger partial charge on any atom is -0.465 e. The molecule has 0 aliphatic carbocycles. The van der Waals surface area contributed by atoms with E-state index in [9.17, 15) is 19.7 Å². The molecule has 8 heteroatoms. The van der Waals surface area contributed by atoms with E-state index in [1.54, 1.807) is 13.8 Å². The summed E-state index contributed by atoms with van der Waals surface area (Å²) >= 11 is 1.93. The topological polar surface area (TPSA) is 89.8 Å². The zero-order valence-electron chi connectivity index (χ0n) is 11.7. The Morgan fingerprint density at radius 2 is 2.05 bits per heavy atom. The molecule has 0 saturated heterocycles. The number of benzene rings is 1. The first kappa shape index (κ1) is 17.3. The summed E-state index contributed by atoms with van der Waals surface area (Å²) in [5.41, 5.74) is 0.0434. The van der Waals surface area contributed by atoms with Crippen molar-refractivity contribution in [2.45, 2.75) is 13.8 Å². The molecule has 0 N–H and O–H groups in total. The van der Waals surface area contributed by atoms with Gasteiger partial charge in [0.25, 0.3) is 11.6 Å². The van der Waals surface area contributed by atoms with Gasteiger partial charge in [-0.3, -0.25) is 19.7 Å². The van der Waals surface area contributed by atoms with Gasteiger partial charge in [0, 0.05) is 22.2 Å². The highest BCUT2D eigenvalue weighted by Crippen LogP contribution is 2.21. The first-order chi connectivity index (χ1) is 9.90. The Morgan fingerprint density at radius 3 is 2.57 bits per heavy atom. The second-order valence-electron chi connectivity index (χ2n) is 4.05. The number of carbonyl (C=O) groups excluding carboxylic acids is 2. The van der Waals surface area contributed by atoms with Crippen molar-refractivity contribution >= 4 is 40.2 Å². The summed E-state index contributed by atoms with van der Waals surface area (Å²) < 4.78 is 5.40. The summed E-state index contributed by atoms with van der Waals surface area (Å²) in [6.07, 6.45) is 0. The summed E-state index contributed by atoms with van der Waals surface area (Å²) in [7, 11) is 0. The van der Waals surface area contributed by atoms with E-state index in [0.717, 1.165) is 0 Å². The van der Waals surface area contributed by atoms with Crippen molar-refractivity contribution in [2.75, 3.05) is 19.7 Å². The van der Waals surface area contributed by atoms with Crippen LogP contribution in [0.5, 0.6) is 0 Å². The van der Waals surface area contributed by atoms with Crippen LogP contribution in [0.3, 0.4) is 0 Å². The van der Waals surface area contributed by atoms with Crippen molar-refractivity contribution in [1.82, 2.24) is 4.90 Å². The molecular weight excluding hydrogens is 391 g/mol. The van der Waals surface area contributed by atoms with Crippen molar-refractivity contribution in [3.8, 4) is 0 Å². The van der Waals surface area contributed by atoms with Gasteiger partial charge in [-0.1, -0.05) is 0 Å². The number of esters is 1. The third kappa shape index (κ3) is 4.66. The highest BCUT2D eigenvalue weighted by atomic mass is 127. The van der Waals surface area contributed by atoms with E-state index in [4.69, 9.17) is 4.74 Å². The molecule has 0 aliphatic rings. The normalized spacial score (nSPS) is 10.0. The molecule has 0 unspecified atom stereocenters. The fraction of sp³-hybridized carbons (Fsp3) is 0.385. The van der Waals surface area contributed by atoms with Gasteiger partial charge < -0.3 is 9.64 Å². The second-order valence-corrected chi connectivity index (χ2v) is 5.21. The van der Waals surface area contributed by atoms with Gasteiger partial charge in [-0.15, -0.1) is 0 Å². The Hall–Kier alpha value is -1.71. The molecule has 1 rings (SSSR count). The summed E-state index contributed by atoms with van der Waals surface area (Å²) in [4.78, 5) is 35.4. The molecule has 0 heterocycles. The SMILES string of the molecule is CCOC(=O)CN(CC)C(=O)c1cc([N+](=O)[O-])ccc1I. The van der Waals surface area contributed by atoms with Crippen LogP contribution in [0, 0.1) is 13.7 Å². The van der Waals surface area contributed by atoms with E-state index in [0.29, 0.717) is 10.1 Å². The molecule has 0 aromatic heterocycles. The third-order valence-electron chi connectivity index (χ3n) is 2.69. The maximum atomic E-state index is 12.4. The molecule has 1 aromatic rings. The van der Waals surface area contributed by atoms with Crippen molar-refractivity contribution in [3.63, 3.8) is 0 Å². The van der Waals surface area contributed by atoms with Gasteiger partial charge in [0.1, 0.15) is 6.54 Å². The van der Waals surface area contributed by atoms with Gasteiger partial charge in [-0.05, 0) is 42.5 Å². The number of carbonyl (C=O) groups is 2. The number of nitro groups is 1. The maximum Gasteiger partial charge on any atom is 0.325 e. The summed E-state index contributed by atoms with van der Waals surface area (Å²) in [6.45, 7) is 3.76. The average Bonchev–Trinajstić information content (AvgIpc) is 2.44. The van der Waals surface area contributed by atoms with Crippen LogP contribution in [-0.2, 0) is 9.53 Å². The van der Waals surface area contributed by atoms with Crippen molar-refractivity contribution < 1.29 is 19.2 Å². The molecule has 7 nitrogen and oxygen atoms in total. The fourth-order valence-corrected chi connectivity index (χ4v) is 2.22. The number of hydrogen-bond donors (Lipinski definition) is 0. The highest BCUT2D eigenvalue weighted by molar-refractivity contribution is 14.1. The summed E-state index contributed by atoms with van der Waals surface area (Å²) in [5, 5.41) is 10.8. The predicted molar refractivity (Wildman–Crippen MR) is 84.0 cm³/mol. The van der Waals surface area contributed by atoms with E-state index in [2.05, 4.69) is 0 Å². The maximum absolute atomic E-state index is 12.4. The van der Waals surface area contributed by atoms with Crippen molar-refractivity contribution in [2.24, 2.45) is 0 Å². The Labute approximate surface area is 135 Å². The molecule has 1 amide bonds. The lowest BCUT2D eigenvalue weighted by Gasteiger charge is -2.20. The second kappa shape index (κ2) is 7.91. The molecule has 0 radical (unpaired) electrons. The van der Waals surface area contributed by atoms with Crippen LogP contribution < -0.4 is 0 Å². The lowest BCUT2D eigenvalue weighted by atomic mass is 10.1. The number of likely N-dealkylation sites (N-methyl/N-ethyl adjacent to an activating group) is 1. The number of non-ortho nitro benzene ring substituents is 1. The molecule has 0 bridgehead atoms. The zero-order valence-corrected chi connectivity index (χ0v) is 13.8. The first-order valence-corrected chi connectivity index (χ1v) is 7.37. The molecule has 0 spiro atoms. The van der Waals surface area contributed by atoms with Gasteiger partial charge >= 0.3 is 5.97 Å². The van der Waals surface area contributed by atoms with E-state index >= 15 is 0 Å². The summed E-state index contributed by atoms with van der Waals surface area (Å²) in [5.74, 6) is -0.938. The lowest BCUT2D eigenvalue weighted by molar-refractivity contribution is -0.384. The standard InChI is InChI=1S/C13H15IN2O5/c1-3-15(8-12(17)21-4-2)13(18)10-7-9(16(19)20)5-6-11(10)14/h5-7H,3-4,8H2,1-2H3. The fourth-order valence-electron chi connectivity index (χ4n) is 1.65. The van der Waals surface area contributed by atoms with Crippen LogP contribution in [0.1, 0.15) is 24.2 Å². The van der Waals surface area contributed by atoms with Gasteiger partial charge in [-0.2, -0.15) is 0 Å². The van der Waals surface area contributed by atoms with Crippen LogP contribution in [-0.4, -0.2) is 41.4 Å². The van der Waals surface area contributed by atoms with Crippen molar-refractivity contribution in [1.29, 1.82) is 0 Å². The zero-order chi connectivity index (χ0) is 16.0. The summed E-state index contributed by atoms with van der Waals surface area (Å²) in [6, 6.07) is 4.06. The van der Waals surface area contributed by atoms with E-state index < -0.39 is 16.8 Å². The van der Waals surface area contributed by atoms with Gasteiger partial charge in [0.2, 0.25) is 0 Å². The molecular formula is C13H15IN2O5. The number of nitrogens with zero attached hydrogens (tertiary/aromatic N) is 2. The van der Waals surface area contributed by atoms with E-state index in [-0.39, 0.29) is 24.4 Å². The molecule has 0 saturated carbocycles. The highest BCUT2D eigenvalue weighted by Gasteiger charge is 2.22. The third-order valence-corrected chi connectivity index (χ3v) is 3.63. The number of amides is 1. The largest absolute Gasteiger partial charge is 0.465 e. The molecule has 0 fully saturated rings. The van der Waals surface area contributed by atoms with Crippen LogP contribution in [0.15, 0.2) is 18.2 Å². The Balaban J connectivity index is 3.02. The van der Waals surface area contributed by atoms with Gasteiger partial charge in [-0.25, -0.2) is 0 Å². The number of ether oxygens (including phenoxy) is 1. The smallest absolute Gasteiger partial charge is 0.325 e. The predicted octanol–water partition coefficient (Wildman–Crippen LogP) is 2.22. The van der Waals surface area contributed by atoms with Gasteiger partial charge in [0.05, 0.1) is 17.1 Å². The van der Waals surface area contributed by atoms with E-state index in [1.165, 1.54) is 23.1 Å². The Kier molecular flexibility index (Phi) is 6.53. The number of nitro benzene ring substituents is 1. The molecule has 0 atom stereocenters. The minimum absolute atomic E-state index is 0.161. The molecule has 0 aliphatic heterocycles. The van der Waals surface area contributed by atoms with Crippen molar-refractivity contribution in [3.05, 3.63) is 37.4 Å². The average molecular weight is 406 g/mol. The first-order valence-electron chi connectivity index (χ1n) is 6.29. The van der Waals surface area contributed by atoms with E-state index in [1.807, 2.05) is 22.6 Å². The quantitative estimate of drug-likeness (QED) is 0.313. The van der Waals surface area contributed by atoms with Gasteiger partial charge in [0.15, 0.2) is 0 Å². The molecule has 21 heavy (non-hydrogen) atoms. The number of halogens is 1. The Morgan fingerprint density at radius 1 is 1.38 bits per heavy atom. The van der Waals surface area contributed by atoms with Crippen LogP contribution >= 0.6 is 22.6 Å². The van der Waals surface area contributed by atoms with Crippen LogP contribution in [0.25, 0.3) is 0 Å². The Bertz CT molecular complexity index is 561. The molecule has 1 aromatic carbocycles. The molecule has 114 valence electrons. The van der Waals surface area contributed by atoms with Crippen LogP contribution in [0.4, 0.5) is 5.69 Å².